The van der Waals surface area contributed by atoms with E-state index in [1.807, 2.05) is 31.2 Å². The lowest BCUT2D eigenvalue weighted by molar-refractivity contribution is 0.0976. The summed E-state index contributed by atoms with van der Waals surface area (Å²) in [5, 5.41) is 5.96. The third-order valence-corrected chi connectivity index (χ3v) is 7.60. The second-order valence-electron chi connectivity index (χ2n) is 8.95. The maximum Gasteiger partial charge on any atom is 0.238 e. The molecule has 1 heterocycles. The molecule has 2 saturated carbocycles. The van der Waals surface area contributed by atoms with Crippen molar-refractivity contribution in [3.63, 3.8) is 0 Å². The molecular formula is C25H25ClN2O3S. The molecule has 5 rings (SSSR count). The number of nitrogens with two attached hydrogens (primary N) is 1. The third kappa shape index (κ3) is 4.03. The molecule has 0 spiro atoms. The summed E-state index contributed by atoms with van der Waals surface area (Å²) in [7, 11) is -3.78. The van der Waals surface area contributed by atoms with Crippen LogP contribution >= 0.6 is 11.6 Å². The molecule has 1 aromatic heterocycles. The van der Waals surface area contributed by atoms with Crippen molar-refractivity contribution in [2.45, 2.75) is 49.8 Å². The summed E-state index contributed by atoms with van der Waals surface area (Å²) < 4.78 is 25.7. The zero-order valence-electron chi connectivity index (χ0n) is 17.8. The molecule has 0 atom stereocenters. The fraction of sp³-hybridized carbons (Fsp3) is 0.320. The van der Waals surface area contributed by atoms with Crippen LogP contribution < -0.4 is 5.14 Å². The fourth-order valence-electron chi connectivity index (χ4n) is 4.51. The first-order valence-corrected chi connectivity index (χ1v) is 12.8. The van der Waals surface area contributed by atoms with Gasteiger partial charge in [-0.3, -0.25) is 4.79 Å². The molecule has 7 heteroatoms. The molecule has 2 fully saturated rings. The van der Waals surface area contributed by atoms with Crippen LogP contribution in [-0.2, 0) is 10.0 Å². The minimum atomic E-state index is -3.78. The van der Waals surface area contributed by atoms with Gasteiger partial charge in [0.1, 0.15) is 0 Å². The van der Waals surface area contributed by atoms with Gasteiger partial charge in [0.15, 0.2) is 5.78 Å². The number of Topliss-reactive ketones (excluding diaryl/α,β-unsaturated/α-hetero) is 1. The predicted molar refractivity (Wildman–Crippen MR) is 126 cm³/mol. The van der Waals surface area contributed by atoms with Crippen LogP contribution in [0.25, 0.3) is 16.8 Å². The van der Waals surface area contributed by atoms with Gasteiger partial charge in [-0.25, -0.2) is 13.6 Å². The Morgan fingerprint density at radius 3 is 2.19 bits per heavy atom. The smallest absolute Gasteiger partial charge is 0.238 e. The first-order chi connectivity index (χ1) is 15.2. The topological polar surface area (TPSA) is 82.2 Å². The maximum atomic E-state index is 13.5. The zero-order chi connectivity index (χ0) is 22.6. The summed E-state index contributed by atoms with van der Waals surface area (Å²) in [4.78, 5) is 13.5. The Balaban J connectivity index is 1.74. The molecule has 0 saturated heterocycles. The second kappa shape index (κ2) is 7.87. The number of carbonyl (C=O) groups is 1. The molecular weight excluding hydrogens is 444 g/mol. The number of aromatic nitrogens is 1. The molecule has 2 aliphatic rings. The van der Waals surface area contributed by atoms with Crippen molar-refractivity contribution in [1.29, 1.82) is 0 Å². The number of hydrogen-bond donors (Lipinski definition) is 1. The molecule has 0 bridgehead atoms. The van der Waals surface area contributed by atoms with E-state index in [4.69, 9.17) is 16.7 Å². The third-order valence-electron chi connectivity index (χ3n) is 6.41. The highest BCUT2D eigenvalue weighted by atomic mass is 35.5. The molecule has 0 unspecified atom stereocenters. The number of hydrogen-bond acceptors (Lipinski definition) is 3. The van der Waals surface area contributed by atoms with Crippen LogP contribution in [0.4, 0.5) is 0 Å². The molecule has 3 aromatic rings. The van der Waals surface area contributed by atoms with Crippen molar-refractivity contribution in [1.82, 2.24) is 4.57 Å². The normalized spacial score (nSPS) is 16.3. The van der Waals surface area contributed by atoms with E-state index in [-0.39, 0.29) is 10.7 Å². The molecule has 2 aromatic carbocycles. The Morgan fingerprint density at radius 1 is 1.03 bits per heavy atom. The Kier molecular flexibility index (Phi) is 5.27. The van der Waals surface area contributed by atoms with Gasteiger partial charge in [0.25, 0.3) is 0 Å². The largest absolute Gasteiger partial charge is 0.317 e. The fourth-order valence-corrected chi connectivity index (χ4v) is 5.15. The van der Waals surface area contributed by atoms with E-state index in [0.717, 1.165) is 59.4 Å². The number of carbonyl (C=O) groups excluding carboxylic acids is 1. The monoisotopic (exact) mass is 468 g/mol. The van der Waals surface area contributed by atoms with Gasteiger partial charge >= 0.3 is 0 Å². The molecule has 0 aliphatic heterocycles. The summed E-state index contributed by atoms with van der Waals surface area (Å²) >= 11 is 6.13. The minimum Gasteiger partial charge on any atom is -0.317 e. The average molecular weight is 469 g/mol. The van der Waals surface area contributed by atoms with Gasteiger partial charge in [0.05, 0.1) is 4.90 Å². The zero-order valence-corrected chi connectivity index (χ0v) is 19.4. The van der Waals surface area contributed by atoms with Crippen molar-refractivity contribution in [3.05, 3.63) is 70.5 Å². The van der Waals surface area contributed by atoms with Gasteiger partial charge in [-0.1, -0.05) is 23.7 Å². The maximum absolute atomic E-state index is 13.5. The molecule has 0 radical (unpaired) electrons. The number of sulfonamides is 1. The van der Waals surface area contributed by atoms with Crippen molar-refractivity contribution in [2.75, 3.05) is 0 Å². The lowest BCUT2D eigenvalue weighted by Gasteiger charge is -2.13. The van der Waals surface area contributed by atoms with Gasteiger partial charge in [-0.2, -0.15) is 0 Å². The highest BCUT2D eigenvalue weighted by Crippen LogP contribution is 2.49. The van der Waals surface area contributed by atoms with E-state index >= 15 is 0 Å². The highest BCUT2D eigenvalue weighted by molar-refractivity contribution is 7.89. The number of halogens is 1. The molecule has 5 nitrogen and oxygen atoms in total. The van der Waals surface area contributed by atoms with E-state index in [2.05, 4.69) is 4.57 Å². The van der Waals surface area contributed by atoms with E-state index in [0.29, 0.717) is 23.3 Å². The molecule has 2 aliphatic carbocycles. The Labute approximate surface area is 193 Å². The van der Waals surface area contributed by atoms with E-state index in [9.17, 15) is 13.2 Å². The summed E-state index contributed by atoms with van der Waals surface area (Å²) in [5.74, 6) is 0.993. The van der Waals surface area contributed by atoms with Crippen molar-refractivity contribution in [2.24, 2.45) is 11.1 Å². The number of benzene rings is 2. The van der Waals surface area contributed by atoms with Crippen LogP contribution in [0.1, 0.15) is 59.8 Å². The number of rotatable bonds is 7. The van der Waals surface area contributed by atoms with Gasteiger partial charge in [-0.05, 0) is 80.5 Å². The van der Waals surface area contributed by atoms with Crippen molar-refractivity contribution in [3.8, 4) is 16.8 Å². The molecule has 2 N–H and O–H groups in total. The van der Waals surface area contributed by atoms with Gasteiger partial charge in [-0.15, -0.1) is 0 Å². The Hall–Kier alpha value is -2.41. The van der Waals surface area contributed by atoms with Gasteiger partial charge in [0, 0.05) is 45.6 Å². The summed E-state index contributed by atoms with van der Waals surface area (Å²) in [5.41, 5.74) is 5.53. The van der Waals surface area contributed by atoms with Gasteiger partial charge in [0.2, 0.25) is 10.0 Å². The van der Waals surface area contributed by atoms with Gasteiger partial charge < -0.3 is 4.57 Å². The van der Waals surface area contributed by atoms with Crippen LogP contribution in [0.15, 0.2) is 53.4 Å². The quantitative estimate of drug-likeness (QED) is 0.457. The lowest BCUT2D eigenvalue weighted by atomic mass is 9.94. The number of nitrogens with zero attached hydrogens (tertiary/aromatic N) is 1. The SMILES string of the molecule is Cc1c(C(=O)CC2CC2)c(-c2ccc(S(N)(=O)=O)cc2)c(C2CC2)n1-c1ccc(Cl)cc1. The van der Waals surface area contributed by atoms with Crippen LogP contribution in [0.3, 0.4) is 0 Å². The van der Waals surface area contributed by atoms with E-state index in [1.54, 1.807) is 12.1 Å². The van der Waals surface area contributed by atoms with E-state index < -0.39 is 10.0 Å². The Bertz CT molecular complexity index is 1300. The van der Waals surface area contributed by atoms with Crippen LogP contribution in [0, 0.1) is 12.8 Å². The standard InChI is InChI=1S/C25H25ClN2O3S/c1-15-23(22(29)14-16-2-3-16)24(17-6-12-21(13-7-17)32(27,30)31)25(18-4-5-18)28(15)20-10-8-19(26)9-11-20/h6-13,16,18H,2-5,14H2,1H3,(H2,27,30,31). The van der Waals surface area contributed by atoms with Crippen LogP contribution in [0.2, 0.25) is 5.02 Å². The van der Waals surface area contributed by atoms with Crippen molar-refractivity contribution < 1.29 is 13.2 Å². The lowest BCUT2D eigenvalue weighted by Crippen LogP contribution is -2.11. The van der Waals surface area contributed by atoms with Crippen molar-refractivity contribution >= 4 is 27.4 Å². The Morgan fingerprint density at radius 2 is 1.66 bits per heavy atom. The first-order valence-electron chi connectivity index (χ1n) is 10.9. The van der Waals surface area contributed by atoms with E-state index in [1.165, 1.54) is 12.1 Å². The predicted octanol–water partition coefficient (Wildman–Crippen LogP) is 5.61. The summed E-state index contributed by atoms with van der Waals surface area (Å²) in [6.07, 6.45) is 4.90. The number of ketones is 1. The molecule has 0 amide bonds. The average Bonchev–Trinajstić information content (AvgIpc) is 3.67. The highest BCUT2D eigenvalue weighted by Gasteiger charge is 2.37. The molecule has 166 valence electrons. The molecule has 32 heavy (non-hydrogen) atoms. The minimum absolute atomic E-state index is 0.0638. The number of primary sulfonamides is 1. The second-order valence-corrected chi connectivity index (χ2v) is 10.9. The first kappa shape index (κ1) is 21.4. The van der Waals surface area contributed by atoms with Crippen LogP contribution in [-0.4, -0.2) is 18.8 Å². The summed E-state index contributed by atoms with van der Waals surface area (Å²) in [6.45, 7) is 2.00. The van der Waals surface area contributed by atoms with Crippen LogP contribution in [0.5, 0.6) is 0 Å². The summed E-state index contributed by atoms with van der Waals surface area (Å²) in [6, 6.07) is 14.2.